The predicted molar refractivity (Wildman–Crippen MR) is 111 cm³/mol. The molecule has 1 aromatic carbocycles. The zero-order chi connectivity index (χ0) is 20.3. The molecule has 0 bridgehead atoms. The van der Waals surface area contributed by atoms with Gasteiger partial charge in [0.2, 0.25) is 5.95 Å². The van der Waals surface area contributed by atoms with Gasteiger partial charge in [-0.25, -0.2) is 9.97 Å². The minimum Gasteiger partial charge on any atom is -0.484 e. The summed E-state index contributed by atoms with van der Waals surface area (Å²) < 4.78 is 7.22. The lowest BCUT2D eigenvalue weighted by atomic mass is 10.1. The maximum atomic E-state index is 13.0. The molecule has 7 heteroatoms. The maximum absolute atomic E-state index is 13.0. The molecule has 2 N–H and O–H groups in total. The molecule has 0 aliphatic rings. The van der Waals surface area contributed by atoms with Crippen molar-refractivity contribution in [2.45, 2.75) is 47.6 Å². The average molecular weight is 435 g/mol. The van der Waals surface area contributed by atoms with Crippen LogP contribution < -0.4 is 10.5 Å². The van der Waals surface area contributed by atoms with Gasteiger partial charge in [0.15, 0.2) is 0 Å². The summed E-state index contributed by atoms with van der Waals surface area (Å²) in [6.07, 6.45) is -0.456. The van der Waals surface area contributed by atoms with Crippen molar-refractivity contribution >= 4 is 27.8 Å². The molecule has 1 heterocycles. The van der Waals surface area contributed by atoms with Gasteiger partial charge in [-0.3, -0.25) is 4.79 Å². The highest BCUT2D eigenvalue weighted by Gasteiger charge is 2.26. The Morgan fingerprint density at radius 3 is 2.26 bits per heavy atom. The number of nitrogen functional groups attached to an aromatic ring is 1. The average Bonchev–Trinajstić information content (AvgIpc) is 2.58. The molecule has 0 saturated heterocycles. The van der Waals surface area contributed by atoms with Gasteiger partial charge < -0.3 is 15.4 Å². The van der Waals surface area contributed by atoms with Crippen LogP contribution in [0.5, 0.6) is 5.75 Å². The molecule has 2 aromatic rings. The van der Waals surface area contributed by atoms with Gasteiger partial charge in [0, 0.05) is 17.6 Å². The molecular formula is C20H27BrN4O2. The minimum absolute atomic E-state index is 0.104. The summed E-state index contributed by atoms with van der Waals surface area (Å²) in [5.41, 5.74) is 9.42. The molecular weight excluding hydrogens is 408 g/mol. The van der Waals surface area contributed by atoms with E-state index in [-0.39, 0.29) is 11.9 Å². The highest BCUT2D eigenvalue weighted by atomic mass is 79.9. The quantitative estimate of drug-likeness (QED) is 0.729. The highest BCUT2D eigenvalue weighted by molar-refractivity contribution is 9.10. The number of ether oxygens (including phenoxy) is 1. The molecule has 0 aliphatic heterocycles. The molecule has 1 amide bonds. The van der Waals surface area contributed by atoms with E-state index >= 15 is 0 Å². The summed E-state index contributed by atoms with van der Waals surface area (Å²) in [5, 5.41) is 0. The Morgan fingerprint density at radius 2 is 1.74 bits per heavy atom. The Balaban J connectivity index is 2.50. The van der Waals surface area contributed by atoms with Gasteiger partial charge in [-0.1, -0.05) is 15.9 Å². The van der Waals surface area contributed by atoms with Crippen LogP contribution in [0.2, 0.25) is 0 Å². The standard InChI is InChI=1S/C20H27BrN4O2/c1-7-25(8-2)19(26)16-13(5)23-20(22)24-17(16)14(6)27-18-11(3)9-15(21)10-12(18)4/h9-10,14H,7-8H2,1-6H3,(H2,22,23,24). The van der Waals surface area contributed by atoms with Crippen molar-refractivity contribution < 1.29 is 9.53 Å². The Morgan fingerprint density at radius 1 is 1.19 bits per heavy atom. The van der Waals surface area contributed by atoms with Crippen LogP contribution >= 0.6 is 15.9 Å². The largest absolute Gasteiger partial charge is 0.484 e. The van der Waals surface area contributed by atoms with Crippen LogP contribution in [0.15, 0.2) is 16.6 Å². The van der Waals surface area contributed by atoms with Crippen molar-refractivity contribution in [3.63, 3.8) is 0 Å². The van der Waals surface area contributed by atoms with Gasteiger partial charge in [0.1, 0.15) is 11.9 Å². The molecule has 0 saturated carbocycles. The fourth-order valence-corrected chi connectivity index (χ4v) is 3.85. The molecule has 2 rings (SSSR count). The molecule has 0 fully saturated rings. The van der Waals surface area contributed by atoms with E-state index in [4.69, 9.17) is 10.5 Å². The number of hydrogen-bond acceptors (Lipinski definition) is 5. The van der Waals surface area contributed by atoms with Crippen LogP contribution in [-0.2, 0) is 0 Å². The lowest BCUT2D eigenvalue weighted by Gasteiger charge is -2.24. The van der Waals surface area contributed by atoms with E-state index in [1.54, 1.807) is 11.8 Å². The summed E-state index contributed by atoms with van der Waals surface area (Å²) in [7, 11) is 0. The third-order valence-corrected chi connectivity index (χ3v) is 4.96. The number of aromatic nitrogens is 2. The Bertz CT molecular complexity index is 827. The minimum atomic E-state index is -0.456. The van der Waals surface area contributed by atoms with Crippen molar-refractivity contribution in [1.82, 2.24) is 14.9 Å². The van der Waals surface area contributed by atoms with E-state index < -0.39 is 6.10 Å². The van der Waals surface area contributed by atoms with E-state index in [1.165, 1.54) is 0 Å². The van der Waals surface area contributed by atoms with E-state index in [0.29, 0.717) is 30.0 Å². The van der Waals surface area contributed by atoms with Crippen LogP contribution in [0.3, 0.4) is 0 Å². The number of rotatable bonds is 6. The number of carbonyl (C=O) groups is 1. The summed E-state index contributed by atoms with van der Waals surface area (Å²) in [5.74, 6) is 0.812. The molecule has 1 atom stereocenters. The van der Waals surface area contributed by atoms with Crippen molar-refractivity contribution in [2.24, 2.45) is 0 Å². The topological polar surface area (TPSA) is 81.3 Å². The second-order valence-electron chi connectivity index (χ2n) is 6.53. The molecule has 0 aliphatic carbocycles. The van der Waals surface area contributed by atoms with Crippen molar-refractivity contribution in [2.75, 3.05) is 18.8 Å². The summed E-state index contributed by atoms with van der Waals surface area (Å²) in [4.78, 5) is 23.3. The number of anilines is 1. The SMILES string of the molecule is CCN(CC)C(=O)c1c(C)nc(N)nc1C(C)Oc1c(C)cc(Br)cc1C. The summed E-state index contributed by atoms with van der Waals surface area (Å²) in [6.45, 7) is 12.7. The van der Waals surface area contributed by atoms with Gasteiger partial charge in [-0.05, 0) is 64.8 Å². The number of carbonyl (C=O) groups excluding carboxylic acids is 1. The Hall–Kier alpha value is -2.15. The zero-order valence-corrected chi connectivity index (χ0v) is 18.3. The Labute approximate surface area is 169 Å². The predicted octanol–water partition coefficient (Wildman–Crippen LogP) is 4.37. The van der Waals surface area contributed by atoms with Gasteiger partial charge in [-0.15, -0.1) is 0 Å². The van der Waals surface area contributed by atoms with Crippen molar-refractivity contribution in [1.29, 1.82) is 0 Å². The van der Waals surface area contributed by atoms with E-state index in [9.17, 15) is 4.79 Å². The van der Waals surface area contributed by atoms with Gasteiger partial charge in [-0.2, -0.15) is 0 Å². The number of halogens is 1. The monoisotopic (exact) mass is 434 g/mol. The fraction of sp³-hybridized carbons (Fsp3) is 0.450. The summed E-state index contributed by atoms with van der Waals surface area (Å²) in [6, 6.07) is 3.99. The van der Waals surface area contributed by atoms with Crippen LogP contribution in [0.25, 0.3) is 0 Å². The number of amides is 1. The molecule has 27 heavy (non-hydrogen) atoms. The highest BCUT2D eigenvalue weighted by Crippen LogP contribution is 2.32. The summed E-state index contributed by atoms with van der Waals surface area (Å²) >= 11 is 3.50. The smallest absolute Gasteiger partial charge is 0.257 e. The first-order valence-corrected chi connectivity index (χ1v) is 9.85. The first-order valence-electron chi connectivity index (χ1n) is 9.06. The first kappa shape index (κ1) is 21.2. The third-order valence-electron chi connectivity index (χ3n) is 4.50. The van der Waals surface area contributed by atoms with Gasteiger partial charge >= 0.3 is 0 Å². The van der Waals surface area contributed by atoms with E-state index in [0.717, 1.165) is 21.3 Å². The first-order chi connectivity index (χ1) is 12.7. The number of nitrogens with two attached hydrogens (primary N) is 1. The van der Waals surface area contributed by atoms with Crippen LogP contribution in [0.4, 0.5) is 5.95 Å². The van der Waals surface area contributed by atoms with E-state index in [1.807, 2.05) is 46.8 Å². The molecule has 6 nitrogen and oxygen atoms in total. The zero-order valence-electron chi connectivity index (χ0n) is 16.8. The molecule has 1 unspecified atom stereocenters. The second-order valence-corrected chi connectivity index (χ2v) is 7.45. The van der Waals surface area contributed by atoms with E-state index in [2.05, 4.69) is 25.9 Å². The maximum Gasteiger partial charge on any atom is 0.257 e. The third kappa shape index (κ3) is 4.58. The van der Waals surface area contributed by atoms with Crippen LogP contribution in [0.1, 0.15) is 59.7 Å². The lowest BCUT2D eigenvalue weighted by molar-refractivity contribution is 0.0765. The molecule has 0 spiro atoms. The number of hydrogen-bond donors (Lipinski definition) is 1. The lowest BCUT2D eigenvalue weighted by Crippen LogP contribution is -2.33. The van der Waals surface area contributed by atoms with Crippen LogP contribution in [-0.4, -0.2) is 33.9 Å². The number of nitrogens with zero attached hydrogens (tertiary/aromatic N) is 3. The fourth-order valence-electron chi connectivity index (χ4n) is 3.16. The molecule has 0 radical (unpaired) electrons. The Kier molecular flexibility index (Phi) is 6.81. The molecule has 1 aromatic heterocycles. The van der Waals surface area contributed by atoms with Gasteiger partial charge in [0.25, 0.3) is 5.91 Å². The second kappa shape index (κ2) is 8.69. The number of benzene rings is 1. The van der Waals surface area contributed by atoms with Gasteiger partial charge in [0.05, 0.1) is 17.0 Å². The van der Waals surface area contributed by atoms with Crippen molar-refractivity contribution in [3.8, 4) is 5.75 Å². The normalized spacial score (nSPS) is 12.0. The van der Waals surface area contributed by atoms with Crippen LogP contribution in [0, 0.1) is 20.8 Å². The molecule has 146 valence electrons. The number of aryl methyl sites for hydroxylation is 3. The van der Waals surface area contributed by atoms with Crippen molar-refractivity contribution in [3.05, 3.63) is 44.7 Å².